The van der Waals surface area contributed by atoms with Crippen molar-refractivity contribution in [1.82, 2.24) is 25.1 Å². The Labute approximate surface area is 117 Å². The van der Waals surface area contributed by atoms with Crippen LogP contribution in [-0.4, -0.2) is 49.4 Å². The third-order valence-electron chi connectivity index (χ3n) is 3.40. The Morgan fingerprint density at radius 2 is 2.26 bits per heavy atom. The van der Waals surface area contributed by atoms with Gasteiger partial charge in [0, 0.05) is 12.6 Å². The van der Waals surface area contributed by atoms with Gasteiger partial charge >= 0.3 is 0 Å². The predicted octanol–water partition coefficient (Wildman–Crippen LogP) is 1.75. The van der Waals surface area contributed by atoms with Gasteiger partial charge in [0.25, 0.3) is 0 Å². The number of hydrogen-bond acceptors (Lipinski definition) is 5. The lowest BCUT2D eigenvalue weighted by Crippen LogP contribution is -2.43. The van der Waals surface area contributed by atoms with Crippen LogP contribution in [0.1, 0.15) is 46.1 Å². The molecule has 1 amide bonds. The molecule has 1 aliphatic rings. The van der Waals surface area contributed by atoms with Gasteiger partial charge < -0.3 is 4.90 Å². The van der Waals surface area contributed by atoms with Crippen LogP contribution in [0.25, 0.3) is 0 Å². The second-order valence-electron chi connectivity index (χ2n) is 5.22. The van der Waals surface area contributed by atoms with Gasteiger partial charge in [0.2, 0.25) is 11.1 Å². The topological polar surface area (TPSA) is 63.9 Å². The van der Waals surface area contributed by atoms with Crippen LogP contribution in [0.15, 0.2) is 5.16 Å². The van der Waals surface area contributed by atoms with E-state index in [0.717, 1.165) is 19.4 Å². The molecule has 0 aromatic carbocycles. The maximum absolute atomic E-state index is 12.2. The molecule has 2 heterocycles. The first kappa shape index (κ1) is 14.3. The third-order valence-corrected chi connectivity index (χ3v) is 4.32. The normalized spacial score (nSPS) is 20.0. The maximum Gasteiger partial charge on any atom is 0.233 e. The molecule has 1 fully saturated rings. The molecule has 1 unspecified atom stereocenters. The van der Waals surface area contributed by atoms with Crippen LogP contribution < -0.4 is 0 Å². The lowest BCUT2D eigenvalue weighted by Gasteiger charge is -2.33. The molecule has 0 aliphatic carbocycles. The van der Waals surface area contributed by atoms with Crippen molar-refractivity contribution in [3.05, 3.63) is 0 Å². The second kappa shape index (κ2) is 6.36. The highest BCUT2D eigenvalue weighted by Gasteiger charge is 2.23. The molecule has 1 aromatic rings. The first-order valence-corrected chi connectivity index (χ1v) is 7.78. The molecule has 0 bridgehead atoms. The van der Waals surface area contributed by atoms with Crippen molar-refractivity contribution in [1.29, 1.82) is 0 Å². The quantitative estimate of drug-likeness (QED) is 0.788. The van der Waals surface area contributed by atoms with E-state index in [4.69, 9.17) is 0 Å². The van der Waals surface area contributed by atoms with Gasteiger partial charge in [0.1, 0.15) is 0 Å². The minimum atomic E-state index is 0.190. The van der Waals surface area contributed by atoms with Gasteiger partial charge in [0.15, 0.2) is 0 Å². The lowest BCUT2D eigenvalue weighted by atomic mass is 10.0. The summed E-state index contributed by atoms with van der Waals surface area (Å²) in [6, 6.07) is 0.574. The standard InChI is InChI=1S/C12H21N5OS/c1-9(2)17-12(13-14-15-17)19-8-11(18)16-7-5-4-6-10(16)3/h9-10H,4-8H2,1-3H3. The summed E-state index contributed by atoms with van der Waals surface area (Å²) in [4.78, 5) is 14.2. The zero-order valence-electron chi connectivity index (χ0n) is 11.7. The van der Waals surface area contributed by atoms with Crippen molar-refractivity contribution in [3.63, 3.8) is 0 Å². The van der Waals surface area contributed by atoms with Gasteiger partial charge in [-0.3, -0.25) is 4.79 Å². The van der Waals surface area contributed by atoms with Crippen molar-refractivity contribution in [2.45, 2.75) is 57.3 Å². The summed E-state index contributed by atoms with van der Waals surface area (Å²) in [7, 11) is 0. The molecule has 0 N–H and O–H groups in total. The number of hydrogen-bond donors (Lipinski definition) is 0. The summed E-state index contributed by atoms with van der Waals surface area (Å²) >= 11 is 1.42. The first-order chi connectivity index (χ1) is 9.09. The lowest BCUT2D eigenvalue weighted by molar-refractivity contribution is -0.131. The van der Waals surface area contributed by atoms with Crippen LogP contribution >= 0.6 is 11.8 Å². The van der Waals surface area contributed by atoms with Crippen LogP contribution in [-0.2, 0) is 4.79 Å². The number of likely N-dealkylation sites (tertiary alicyclic amines) is 1. The molecule has 0 spiro atoms. The van der Waals surface area contributed by atoms with E-state index in [0.29, 0.717) is 17.0 Å². The van der Waals surface area contributed by atoms with E-state index >= 15 is 0 Å². The van der Waals surface area contributed by atoms with Crippen LogP contribution in [0.3, 0.4) is 0 Å². The van der Waals surface area contributed by atoms with Crippen LogP contribution in [0, 0.1) is 0 Å². The van der Waals surface area contributed by atoms with Crippen molar-refractivity contribution in [2.75, 3.05) is 12.3 Å². The number of thioether (sulfide) groups is 1. The monoisotopic (exact) mass is 283 g/mol. The summed E-state index contributed by atoms with van der Waals surface area (Å²) < 4.78 is 1.75. The molecular weight excluding hydrogens is 262 g/mol. The van der Waals surface area contributed by atoms with E-state index in [1.54, 1.807) is 4.68 Å². The number of tetrazole rings is 1. The third kappa shape index (κ3) is 3.46. The Balaban J connectivity index is 1.91. The predicted molar refractivity (Wildman–Crippen MR) is 74.0 cm³/mol. The van der Waals surface area contributed by atoms with Crippen molar-refractivity contribution in [2.24, 2.45) is 0 Å². The highest BCUT2D eigenvalue weighted by Crippen LogP contribution is 2.21. The number of carbonyl (C=O) groups is 1. The molecule has 106 valence electrons. The number of nitrogens with zero attached hydrogens (tertiary/aromatic N) is 5. The van der Waals surface area contributed by atoms with Crippen LogP contribution in [0.4, 0.5) is 0 Å². The van der Waals surface area contributed by atoms with E-state index in [1.807, 2.05) is 18.7 Å². The van der Waals surface area contributed by atoms with Gasteiger partial charge in [-0.05, 0) is 50.5 Å². The fraction of sp³-hybridized carbons (Fsp3) is 0.833. The largest absolute Gasteiger partial charge is 0.339 e. The second-order valence-corrected chi connectivity index (χ2v) is 6.16. The number of aromatic nitrogens is 4. The summed E-state index contributed by atoms with van der Waals surface area (Å²) in [6.45, 7) is 7.06. The van der Waals surface area contributed by atoms with E-state index in [-0.39, 0.29) is 11.9 Å². The summed E-state index contributed by atoms with van der Waals surface area (Å²) in [5, 5.41) is 12.3. The Morgan fingerprint density at radius 1 is 1.47 bits per heavy atom. The molecule has 1 atom stereocenters. The van der Waals surface area contributed by atoms with Gasteiger partial charge in [0.05, 0.1) is 11.8 Å². The van der Waals surface area contributed by atoms with Crippen molar-refractivity contribution < 1.29 is 4.79 Å². The zero-order chi connectivity index (χ0) is 13.8. The summed E-state index contributed by atoms with van der Waals surface area (Å²) in [5.74, 6) is 0.604. The van der Waals surface area contributed by atoms with Crippen LogP contribution in [0.2, 0.25) is 0 Å². The highest BCUT2D eigenvalue weighted by molar-refractivity contribution is 7.99. The van der Waals surface area contributed by atoms with Gasteiger partial charge in [-0.2, -0.15) is 0 Å². The van der Waals surface area contributed by atoms with Gasteiger partial charge in [-0.15, -0.1) is 5.10 Å². The Kier molecular flexibility index (Phi) is 4.79. The molecule has 19 heavy (non-hydrogen) atoms. The van der Waals surface area contributed by atoms with E-state index in [1.165, 1.54) is 18.2 Å². The van der Waals surface area contributed by atoms with E-state index in [9.17, 15) is 4.79 Å². The fourth-order valence-electron chi connectivity index (χ4n) is 2.28. The molecule has 2 rings (SSSR count). The van der Waals surface area contributed by atoms with E-state index < -0.39 is 0 Å². The van der Waals surface area contributed by atoms with Gasteiger partial charge in [-0.1, -0.05) is 11.8 Å². The van der Waals surface area contributed by atoms with Crippen molar-refractivity contribution in [3.8, 4) is 0 Å². The Bertz CT molecular complexity index is 434. The summed E-state index contributed by atoms with van der Waals surface area (Å²) in [5.41, 5.74) is 0. The molecular formula is C12H21N5OS. The maximum atomic E-state index is 12.2. The average molecular weight is 283 g/mol. The molecule has 0 saturated carbocycles. The Morgan fingerprint density at radius 3 is 2.95 bits per heavy atom. The van der Waals surface area contributed by atoms with Gasteiger partial charge in [-0.25, -0.2) is 4.68 Å². The number of piperidine rings is 1. The molecule has 1 aliphatic heterocycles. The minimum Gasteiger partial charge on any atom is -0.339 e. The van der Waals surface area contributed by atoms with E-state index in [2.05, 4.69) is 22.4 Å². The molecule has 1 saturated heterocycles. The number of rotatable bonds is 4. The average Bonchev–Trinajstić information content (AvgIpc) is 2.85. The minimum absolute atomic E-state index is 0.190. The number of amides is 1. The highest BCUT2D eigenvalue weighted by atomic mass is 32.2. The molecule has 6 nitrogen and oxygen atoms in total. The fourth-order valence-corrected chi connectivity index (χ4v) is 3.17. The Hall–Kier alpha value is -1.11. The number of carbonyl (C=O) groups excluding carboxylic acids is 1. The SMILES string of the molecule is CC1CCCCN1C(=O)CSc1nnnn1C(C)C. The van der Waals surface area contributed by atoms with Crippen LogP contribution in [0.5, 0.6) is 0 Å². The summed E-state index contributed by atoms with van der Waals surface area (Å²) in [6.07, 6.45) is 3.45. The smallest absolute Gasteiger partial charge is 0.233 e. The molecule has 7 heteroatoms. The van der Waals surface area contributed by atoms with Crippen molar-refractivity contribution >= 4 is 17.7 Å². The molecule has 0 radical (unpaired) electrons. The zero-order valence-corrected chi connectivity index (χ0v) is 12.6. The first-order valence-electron chi connectivity index (χ1n) is 6.79. The molecule has 1 aromatic heterocycles.